The topological polar surface area (TPSA) is 46.4 Å². The molecule has 120 valence electrons. The lowest BCUT2D eigenvalue weighted by atomic mass is 10.3. The van der Waals surface area contributed by atoms with Crippen molar-refractivity contribution < 1.29 is 18.0 Å². The molecule has 1 aromatic carbocycles. The first-order valence-corrected chi connectivity index (χ1v) is 7.70. The number of benzene rings is 1. The number of nitrogens with zero attached hydrogens (tertiary/aromatic N) is 2. The number of carbonyl (C=O) groups excluding carboxylic acids is 1. The molecule has 1 heterocycles. The minimum absolute atomic E-state index is 0.411. The number of alkyl halides is 3. The summed E-state index contributed by atoms with van der Waals surface area (Å²) in [6, 6.07) is 6.58. The van der Waals surface area contributed by atoms with Crippen molar-refractivity contribution in [2.75, 3.05) is 6.54 Å². The van der Waals surface area contributed by atoms with Gasteiger partial charge in [0, 0.05) is 6.54 Å². The van der Waals surface area contributed by atoms with Crippen molar-refractivity contribution in [3.8, 4) is 0 Å². The zero-order chi connectivity index (χ0) is 16.2. The monoisotopic (exact) mass is 331 g/mol. The minimum atomic E-state index is -4.44. The van der Waals surface area contributed by atoms with Crippen LogP contribution in [-0.4, -0.2) is 23.3 Å². The van der Waals surface area contributed by atoms with Crippen molar-refractivity contribution in [3.63, 3.8) is 0 Å². The van der Waals surface area contributed by atoms with Crippen LogP contribution >= 0.6 is 11.3 Å². The summed E-state index contributed by atoms with van der Waals surface area (Å²) < 4.78 is 39.1. The molecule has 0 spiro atoms. The molecule has 2 aromatic rings. The number of hydrogen-bond donors (Lipinski definition) is 1. The van der Waals surface area contributed by atoms with Gasteiger partial charge in [0.2, 0.25) is 0 Å². The molecule has 0 saturated heterocycles. The second kappa shape index (κ2) is 6.95. The van der Waals surface area contributed by atoms with Crippen LogP contribution in [-0.2, 0) is 6.54 Å². The minimum Gasteiger partial charge on any atom is -0.327 e. The van der Waals surface area contributed by atoms with Crippen molar-refractivity contribution in [3.05, 3.63) is 29.1 Å². The lowest BCUT2D eigenvalue weighted by molar-refractivity contribution is -0.122. The third-order valence-corrected chi connectivity index (χ3v) is 4.02. The van der Waals surface area contributed by atoms with Gasteiger partial charge in [-0.05, 0) is 18.6 Å². The maximum Gasteiger partial charge on any atom is 0.405 e. The fourth-order valence-electron chi connectivity index (χ4n) is 1.94. The van der Waals surface area contributed by atoms with E-state index in [0.717, 1.165) is 23.1 Å². The molecule has 0 bridgehead atoms. The third kappa shape index (κ3) is 4.33. The Kier molecular flexibility index (Phi) is 5.23. The fraction of sp³-hybridized carbons (Fsp3) is 0.429. The van der Waals surface area contributed by atoms with Crippen molar-refractivity contribution in [2.24, 2.45) is 4.99 Å². The zero-order valence-electron chi connectivity index (χ0n) is 12.0. The molecular weight excluding hydrogens is 315 g/mol. The van der Waals surface area contributed by atoms with E-state index >= 15 is 0 Å². The normalized spacial score (nSPS) is 12.8. The van der Waals surface area contributed by atoms with E-state index in [4.69, 9.17) is 0 Å². The van der Waals surface area contributed by atoms with E-state index in [0.29, 0.717) is 11.3 Å². The summed E-state index contributed by atoms with van der Waals surface area (Å²) >= 11 is 1.29. The highest BCUT2D eigenvalue weighted by Crippen LogP contribution is 2.17. The molecule has 22 heavy (non-hydrogen) atoms. The Bertz CT molecular complexity index is 718. The number of halogens is 3. The summed E-state index contributed by atoms with van der Waals surface area (Å²) in [5, 5.41) is 1.76. The number of unbranched alkanes of at least 4 members (excludes halogenated alkanes) is 1. The SMILES string of the molecule is CCCCn1c(=NC(=O)NCC(F)(F)F)sc2ccccc21. The number of rotatable bonds is 4. The van der Waals surface area contributed by atoms with E-state index in [2.05, 4.69) is 4.99 Å². The van der Waals surface area contributed by atoms with Crippen molar-refractivity contribution in [1.82, 2.24) is 9.88 Å². The van der Waals surface area contributed by atoms with E-state index in [9.17, 15) is 18.0 Å². The Labute approximate surface area is 129 Å². The molecular formula is C14H16F3N3OS. The van der Waals surface area contributed by atoms with Crippen LogP contribution in [0.3, 0.4) is 0 Å². The van der Waals surface area contributed by atoms with E-state index in [-0.39, 0.29) is 0 Å². The first-order valence-electron chi connectivity index (χ1n) is 6.88. The molecule has 2 amide bonds. The maximum absolute atomic E-state index is 12.1. The Hall–Kier alpha value is -1.83. The van der Waals surface area contributed by atoms with Gasteiger partial charge < -0.3 is 9.88 Å². The molecule has 0 fully saturated rings. The summed E-state index contributed by atoms with van der Waals surface area (Å²) in [6.07, 6.45) is -2.57. The average Bonchev–Trinajstić information content (AvgIpc) is 2.79. The van der Waals surface area contributed by atoms with E-state index < -0.39 is 18.8 Å². The zero-order valence-corrected chi connectivity index (χ0v) is 12.8. The number of aromatic nitrogens is 1. The summed E-state index contributed by atoms with van der Waals surface area (Å²) in [5.74, 6) is 0. The van der Waals surface area contributed by atoms with Crippen LogP contribution in [0, 0.1) is 0 Å². The molecule has 1 aromatic heterocycles. The maximum atomic E-state index is 12.1. The van der Waals surface area contributed by atoms with Gasteiger partial charge in [-0.1, -0.05) is 36.8 Å². The van der Waals surface area contributed by atoms with Crippen LogP contribution in [0.15, 0.2) is 29.3 Å². The van der Waals surface area contributed by atoms with Crippen molar-refractivity contribution in [2.45, 2.75) is 32.5 Å². The second-order valence-corrected chi connectivity index (χ2v) is 5.75. The first kappa shape index (κ1) is 16.5. The van der Waals surface area contributed by atoms with Crippen LogP contribution in [0.5, 0.6) is 0 Å². The van der Waals surface area contributed by atoms with Crippen LogP contribution in [0.1, 0.15) is 19.8 Å². The van der Waals surface area contributed by atoms with Gasteiger partial charge in [0.1, 0.15) is 6.54 Å². The van der Waals surface area contributed by atoms with Gasteiger partial charge >= 0.3 is 12.2 Å². The fourth-order valence-corrected chi connectivity index (χ4v) is 3.00. The van der Waals surface area contributed by atoms with E-state index in [1.807, 2.05) is 35.8 Å². The highest BCUT2D eigenvalue weighted by atomic mass is 32.1. The number of fused-ring (bicyclic) bond motifs is 1. The van der Waals surface area contributed by atoms with Gasteiger partial charge in [-0.3, -0.25) is 0 Å². The highest BCUT2D eigenvalue weighted by molar-refractivity contribution is 7.16. The molecule has 2 rings (SSSR count). The van der Waals surface area contributed by atoms with Crippen LogP contribution < -0.4 is 10.1 Å². The van der Waals surface area contributed by atoms with Crippen LogP contribution in [0.25, 0.3) is 10.2 Å². The lowest BCUT2D eigenvalue weighted by Crippen LogP contribution is -2.33. The second-order valence-electron chi connectivity index (χ2n) is 4.74. The average molecular weight is 331 g/mol. The Balaban J connectivity index is 2.32. The number of aryl methyl sites for hydroxylation is 1. The number of nitrogens with one attached hydrogen (secondary N) is 1. The molecule has 0 saturated carbocycles. The first-order chi connectivity index (χ1) is 10.4. The standard InChI is InChI=1S/C14H16F3N3OS/c1-2-3-8-20-10-6-4-5-7-11(10)22-13(20)19-12(21)18-9-14(15,16)17/h4-7H,2-3,8-9H2,1H3,(H,18,21). The lowest BCUT2D eigenvalue weighted by Gasteiger charge is -2.06. The smallest absolute Gasteiger partial charge is 0.327 e. The van der Waals surface area contributed by atoms with Gasteiger partial charge in [-0.25, -0.2) is 4.79 Å². The van der Waals surface area contributed by atoms with E-state index in [1.54, 1.807) is 5.32 Å². The van der Waals surface area contributed by atoms with Crippen molar-refractivity contribution in [1.29, 1.82) is 0 Å². The summed E-state index contributed by atoms with van der Waals surface area (Å²) in [7, 11) is 0. The number of urea groups is 1. The number of carbonyl (C=O) groups is 1. The van der Waals surface area contributed by atoms with E-state index in [1.165, 1.54) is 11.3 Å². The van der Waals surface area contributed by atoms with Gasteiger partial charge in [0.05, 0.1) is 10.2 Å². The summed E-state index contributed by atoms with van der Waals surface area (Å²) in [6.45, 7) is 1.34. The molecule has 8 heteroatoms. The van der Waals surface area contributed by atoms with Gasteiger partial charge in [0.25, 0.3) is 0 Å². The highest BCUT2D eigenvalue weighted by Gasteiger charge is 2.27. The Morgan fingerprint density at radius 2 is 2.09 bits per heavy atom. The molecule has 0 atom stereocenters. The summed E-state index contributed by atoms with van der Waals surface area (Å²) in [4.78, 5) is 15.8. The third-order valence-electron chi connectivity index (χ3n) is 2.96. The largest absolute Gasteiger partial charge is 0.405 e. The Morgan fingerprint density at radius 3 is 2.77 bits per heavy atom. The summed E-state index contributed by atoms with van der Waals surface area (Å²) in [5.41, 5.74) is 0.934. The molecule has 0 radical (unpaired) electrons. The molecule has 0 aliphatic heterocycles. The van der Waals surface area contributed by atoms with Gasteiger partial charge in [0.15, 0.2) is 4.80 Å². The van der Waals surface area contributed by atoms with Gasteiger partial charge in [-0.2, -0.15) is 18.2 Å². The predicted octanol–water partition coefficient (Wildman–Crippen LogP) is 3.68. The number of para-hydroxylation sites is 1. The Morgan fingerprint density at radius 1 is 1.36 bits per heavy atom. The van der Waals surface area contributed by atoms with Crippen LogP contribution in [0.2, 0.25) is 0 Å². The number of amides is 2. The molecule has 0 unspecified atom stereocenters. The van der Waals surface area contributed by atoms with Crippen molar-refractivity contribution >= 4 is 27.6 Å². The number of hydrogen-bond acceptors (Lipinski definition) is 2. The molecule has 4 nitrogen and oxygen atoms in total. The molecule has 1 N–H and O–H groups in total. The quantitative estimate of drug-likeness (QED) is 0.913. The number of thiazole rings is 1. The molecule has 0 aliphatic rings. The predicted molar refractivity (Wildman–Crippen MR) is 79.7 cm³/mol. The van der Waals surface area contributed by atoms with Crippen LogP contribution in [0.4, 0.5) is 18.0 Å². The van der Waals surface area contributed by atoms with Gasteiger partial charge in [-0.15, -0.1) is 0 Å². The molecule has 0 aliphatic carbocycles.